The van der Waals surface area contributed by atoms with Gasteiger partial charge in [0.25, 0.3) is 17.7 Å². The number of aliphatic hydroxyl groups excluding tert-OH is 1. The number of aliphatic hydroxyl groups is 2. The molecule has 3 aliphatic heterocycles. The third kappa shape index (κ3) is 30.6. The van der Waals surface area contributed by atoms with E-state index in [1.165, 1.54) is 18.3 Å². The Morgan fingerprint density at radius 1 is 0.727 bits per heavy atom. The molecule has 2 saturated heterocycles. The first-order valence-corrected chi connectivity index (χ1v) is 45.8. The monoisotopic (exact) mass is 1790 g/mol. The lowest BCUT2D eigenvalue weighted by Crippen LogP contribution is -2.60. The molecule has 0 radical (unpaired) electrons. The van der Waals surface area contributed by atoms with Crippen molar-refractivity contribution in [3.8, 4) is 11.3 Å². The zero-order valence-electron chi connectivity index (χ0n) is 76.2. The summed E-state index contributed by atoms with van der Waals surface area (Å²) in [6.07, 6.45) is 22.2. The number of nitrogens with two attached hydrogens (primary N) is 2. The molecule has 8 heterocycles. The number of ether oxygens (including phenoxy) is 13. The predicted molar refractivity (Wildman–Crippen MR) is 475 cm³/mol. The number of benzene rings is 1. The van der Waals surface area contributed by atoms with Crippen LogP contribution >= 0.6 is 0 Å². The third-order valence-electron chi connectivity index (χ3n) is 24.5. The Morgan fingerprint density at radius 2 is 1.44 bits per heavy atom. The zero-order chi connectivity index (χ0) is 91.3. The summed E-state index contributed by atoms with van der Waals surface area (Å²) in [5.74, 6) is -7.84. The van der Waals surface area contributed by atoms with Gasteiger partial charge in [-0.05, 0) is 170 Å². The molecule has 1 aliphatic carbocycles. The van der Waals surface area contributed by atoms with Crippen LogP contribution in [0.15, 0.2) is 106 Å². The van der Waals surface area contributed by atoms with E-state index < -0.39 is 71.7 Å². The predicted octanol–water partition coefficient (Wildman–Crippen LogP) is 11.2. The molecule has 0 unspecified atom stereocenters. The Hall–Kier alpha value is -8.88. The number of hydrogen-bond donors (Lipinski definition) is 4. The number of unbranched alkanes of at least 4 members (excludes halogenated alkanes) is 3. The molecule has 34 nitrogen and oxygen atoms in total. The van der Waals surface area contributed by atoms with Crippen LogP contribution in [0.3, 0.4) is 0 Å². The Balaban J connectivity index is 0.560. The molecule has 128 heavy (non-hydrogen) atoms. The van der Waals surface area contributed by atoms with Gasteiger partial charge in [0.05, 0.1) is 135 Å². The Bertz CT molecular complexity index is 4540. The van der Waals surface area contributed by atoms with Gasteiger partial charge in [-0.2, -0.15) is 10.1 Å². The van der Waals surface area contributed by atoms with Crippen molar-refractivity contribution in [3.63, 3.8) is 0 Å². The van der Waals surface area contributed by atoms with Crippen LogP contribution in [0, 0.1) is 35.5 Å². The number of carbonyl (C=O) groups is 6. The number of carbonyl (C=O) groups excluding carboxylic acids is 6. The summed E-state index contributed by atoms with van der Waals surface area (Å²) >= 11 is 0. The second-order valence-electron chi connectivity index (χ2n) is 34.3. The number of aryl methyl sites for hydroxylation is 2. The smallest absolute Gasteiger partial charge is 0.329 e. The fraction of sp³-hybridized carbons (Fsp3) is 0.660. The number of aromatic nitrogens is 8. The number of oxazole rings is 1. The van der Waals surface area contributed by atoms with Gasteiger partial charge in [0.2, 0.25) is 5.79 Å². The fourth-order valence-electron chi connectivity index (χ4n) is 17.1. The number of fused-ring (bicyclic) bond motifs is 5. The number of amides is 1. The number of Topliss-reactive ketones (excluding diaryl/α,β-unsaturated/α-hetero) is 3. The highest BCUT2D eigenvalue weighted by atomic mass is 16.6. The van der Waals surface area contributed by atoms with Crippen molar-refractivity contribution >= 4 is 69.2 Å². The summed E-state index contributed by atoms with van der Waals surface area (Å²) in [5.41, 5.74) is 17.4. The molecule has 4 aliphatic rings. The lowest BCUT2D eigenvalue weighted by atomic mass is 9.78. The molecule has 5 aromatic heterocycles. The van der Waals surface area contributed by atoms with Crippen molar-refractivity contribution in [2.45, 2.75) is 238 Å². The van der Waals surface area contributed by atoms with Gasteiger partial charge in [-0.3, -0.25) is 24.0 Å². The summed E-state index contributed by atoms with van der Waals surface area (Å²) in [6, 6.07) is 8.06. The number of cyclic esters (lactones) is 1. The Morgan fingerprint density at radius 3 is 2.13 bits per heavy atom. The summed E-state index contributed by atoms with van der Waals surface area (Å²) < 4.78 is 90.8. The molecule has 1 aromatic carbocycles. The van der Waals surface area contributed by atoms with E-state index >= 15 is 0 Å². The van der Waals surface area contributed by atoms with E-state index in [4.69, 9.17) is 87.0 Å². The molecule has 6 N–H and O–H groups in total. The number of anilines is 2. The van der Waals surface area contributed by atoms with E-state index in [2.05, 4.69) is 25.3 Å². The maximum Gasteiger partial charge on any atom is 0.329 e. The highest BCUT2D eigenvalue weighted by molar-refractivity contribution is 6.39. The topological polar surface area (TPSA) is 432 Å². The third-order valence-corrected chi connectivity index (χ3v) is 24.5. The number of ketones is 3. The van der Waals surface area contributed by atoms with Crippen molar-refractivity contribution in [1.29, 1.82) is 0 Å². The number of esters is 2. The van der Waals surface area contributed by atoms with Crippen LogP contribution in [0.25, 0.3) is 33.4 Å². The van der Waals surface area contributed by atoms with Gasteiger partial charge >= 0.3 is 11.9 Å². The molecule has 1 amide bonds. The first kappa shape index (κ1) is 101. The number of hydrogen-bond acceptors (Lipinski definition) is 31. The molecular formula is C94H137N11O23. The van der Waals surface area contributed by atoms with E-state index in [0.29, 0.717) is 215 Å². The second-order valence-corrected chi connectivity index (χ2v) is 34.3. The van der Waals surface area contributed by atoms with Crippen LogP contribution in [0.1, 0.15) is 181 Å². The number of nitrogen functional groups attached to an aromatic ring is 2. The quantitative estimate of drug-likeness (QED) is 0.0120. The average Bonchev–Trinajstić information content (AvgIpc) is 1.59. The maximum absolute atomic E-state index is 14.9. The number of piperidine rings is 1. The Kier molecular flexibility index (Phi) is 41.8. The number of furan rings is 1. The van der Waals surface area contributed by atoms with Gasteiger partial charge in [-0.1, -0.05) is 88.3 Å². The molecule has 34 heteroatoms. The number of methoxy groups -OCH3 is 2. The van der Waals surface area contributed by atoms with Crippen LogP contribution < -0.4 is 11.5 Å². The summed E-state index contributed by atoms with van der Waals surface area (Å²) in [5, 5.41) is 38.2. The maximum atomic E-state index is 14.9. The van der Waals surface area contributed by atoms with E-state index in [9.17, 15) is 39.0 Å². The molecule has 706 valence electrons. The van der Waals surface area contributed by atoms with Crippen LogP contribution in [0.4, 0.5) is 11.8 Å². The number of allylic oxidation sites excluding steroid dienone is 7. The number of rotatable bonds is 43. The van der Waals surface area contributed by atoms with Gasteiger partial charge in [0.15, 0.2) is 17.0 Å². The van der Waals surface area contributed by atoms with Gasteiger partial charge < -0.3 is 97.0 Å². The minimum absolute atomic E-state index is 0.0152. The second kappa shape index (κ2) is 52.8. The molecule has 3 fully saturated rings. The summed E-state index contributed by atoms with van der Waals surface area (Å²) in [4.78, 5) is 99.2. The minimum atomic E-state index is -2.48. The van der Waals surface area contributed by atoms with Gasteiger partial charge in [-0.25, -0.2) is 24.1 Å². The van der Waals surface area contributed by atoms with Crippen molar-refractivity contribution in [1.82, 2.24) is 44.6 Å². The Labute approximate surface area is 750 Å². The molecular weight excluding hydrogens is 1650 g/mol. The van der Waals surface area contributed by atoms with Crippen LogP contribution in [-0.2, 0) is 110 Å². The minimum Gasteiger partial charge on any atom is -0.469 e. The van der Waals surface area contributed by atoms with E-state index in [-0.39, 0.29) is 92.0 Å². The standard InChI is InChI=1S/C94H137N11O23/c1-62-21-12-10-13-22-63(2)73(77-25-20-37-123-77)58-72-30-27-68(7)94(113,128-72)88(110)91(111)104-33-18-15-24-75(104)92(112)126-80(59-76(106)64(3)54-67(6)86(109)87(115-9)85(108)66(5)53-62)65(4)55-69-28-31-79(81(56-69)114-8)124-36-19-16-23-71-60-103(102-100-71)35-38-116-39-40-117-41-42-118-43-44-119-45-46-120-47-48-121-49-50-122-51-52-125-82(107)26-14-11-17-34-105-90-83(89(95)97-61-98-90)84(101-105)70-29-32-78-74(57-70)99-93(96)127-78/h10,12-13,20-22,25,29,32,37,54,57,60-62,64-66,68-69,72-73,75,79-81,86-87,109,113H,11,14-19,23-24,26-28,30-31,33-36,38-53,55-56,58-59H2,1-9H3,(H2,96,99)(H2,95,97,98)/b13-10+,21-12+,63-22+,67-54+/t62-,64-,65-,66-,68-,69+,72+,73+,75+,79-,80+,81-,86-,87+,94-/m1/s1. The first-order chi connectivity index (χ1) is 61.9. The summed E-state index contributed by atoms with van der Waals surface area (Å²) in [7, 11) is 3.07. The van der Waals surface area contributed by atoms with Crippen LogP contribution in [0.5, 0.6) is 0 Å². The molecule has 2 bridgehead atoms. The van der Waals surface area contributed by atoms with Crippen LogP contribution in [-0.4, -0.2) is 265 Å². The number of nitrogens with zero attached hydrogens (tertiary/aromatic N) is 9. The molecule has 10 rings (SSSR count). The molecule has 6 aromatic rings. The summed E-state index contributed by atoms with van der Waals surface area (Å²) in [6.45, 7) is 20.4. The SMILES string of the molecule is CO[C@@H]1C[C@H](C[C@@H](C)[C@@H]2CC(=O)[C@H](C)/C=C(\C)[C@@H](O)[C@@H](OC)C(=O)[C@H](C)C[C@H](C)/C=C/C=C/C=C(\C)[C@@H](c3ccco3)C[C@@H]3CC[C@@H](C)[C@@](O)(O3)C(=O)C(=O)N3CCCC[C@H]3C(=O)O2)CC[C@H]1OCCCCc1cn(CCOCCOCCOCCOCCOCCOCCOCCOC(=O)CCCCCn2nc(-c3ccc4oc(N)nc4c3)c3c(N)ncnc32)nn1. The molecule has 0 spiro atoms. The van der Waals surface area contributed by atoms with E-state index in [1.54, 1.807) is 57.0 Å². The van der Waals surface area contributed by atoms with Gasteiger partial charge in [0, 0.05) is 82.2 Å². The van der Waals surface area contributed by atoms with Crippen molar-refractivity contribution in [2.75, 3.05) is 138 Å². The average molecular weight is 1790 g/mol. The van der Waals surface area contributed by atoms with E-state index in [1.807, 2.05) is 87.2 Å². The molecule has 15 atom stereocenters. The first-order valence-electron chi connectivity index (χ1n) is 45.8. The zero-order valence-corrected chi connectivity index (χ0v) is 76.2. The lowest BCUT2D eigenvalue weighted by Gasteiger charge is -2.42. The normalized spacial score (nSPS) is 26.4. The van der Waals surface area contributed by atoms with Crippen molar-refractivity contribution < 1.29 is 109 Å². The van der Waals surface area contributed by atoms with Crippen LogP contribution in [0.2, 0.25) is 0 Å². The van der Waals surface area contributed by atoms with Gasteiger partial charge in [0.1, 0.15) is 65.9 Å². The fourth-order valence-corrected chi connectivity index (χ4v) is 17.1. The highest BCUT2D eigenvalue weighted by Gasteiger charge is 2.53. The largest absolute Gasteiger partial charge is 0.469 e. The van der Waals surface area contributed by atoms with Crippen molar-refractivity contribution in [2.24, 2.45) is 35.5 Å². The van der Waals surface area contributed by atoms with Crippen molar-refractivity contribution in [3.05, 3.63) is 108 Å². The van der Waals surface area contributed by atoms with E-state index in [0.717, 1.165) is 61.8 Å². The lowest BCUT2D eigenvalue weighted by molar-refractivity contribution is -0.264. The highest BCUT2D eigenvalue weighted by Crippen LogP contribution is 2.42. The molecule has 1 saturated carbocycles. The van der Waals surface area contributed by atoms with Gasteiger partial charge in [-0.15, -0.1) is 5.10 Å².